The summed E-state index contributed by atoms with van der Waals surface area (Å²) in [5, 5.41) is 3.92. The van der Waals surface area contributed by atoms with E-state index in [2.05, 4.69) is 10.3 Å². The molecule has 5 rings (SSSR count). The summed E-state index contributed by atoms with van der Waals surface area (Å²) in [5.41, 5.74) is 3.00. The summed E-state index contributed by atoms with van der Waals surface area (Å²) in [7, 11) is -3.97. The number of carbonyl (C=O) groups is 1. The van der Waals surface area contributed by atoms with E-state index in [0.29, 0.717) is 28.0 Å². The second-order valence-corrected chi connectivity index (χ2v) is 12.4. The standard InChI is InChI=1S/C29H28Cl2N4O4S/c1-20-7-13-26(14-8-20)40(37,38)34(17-25-6-3-15-39-25)19-28(36)33-29-32-27(21-9-11-22(30)12-10-21)18-35(29)24-5-2-4-23(31)16-24/h2,4-5,7-14,16,18,25H,3,6,15,17,19H2,1H3,(H,32,33,36)/t25-/m0/s1. The average molecular weight is 600 g/mol. The highest BCUT2D eigenvalue weighted by molar-refractivity contribution is 7.89. The molecule has 1 fully saturated rings. The Morgan fingerprint density at radius 3 is 2.50 bits per heavy atom. The molecule has 1 amide bonds. The van der Waals surface area contributed by atoms with Gasteiger partial charge in [-0.15, -0.1) is 0 Å². The van der Waals surface area contributed by atoms with E-state index in [1.54, 1.807) is 65.4 Å². The number of hydrogen-bond donors (Lipinski definition) is 1. The van der Waals surface area contributed by atoms with E-state index in [9.17, 15) is 13.2 Å². The van der Waals surface area contributed by atoms with E-state index in [0.717, 1.165) is 24.0 Å². The van der Waals surface area contributed by atoms with Crippen molar-refractivity contribution in [1.82, 2.24) is 13.9 Å². The van der Waals surface area contributed by atoms with Crippen LogP contribution in [0.3, 0.4) is 0 Å². The fourth-order valence-corrected chi connectivity index (χ4v) is 6.24. The Morgan fingerprint density at radius 2 is 1.82 bits per heavy atom. The monoisotopic (exact) mass is 598 g/mol. The van der Waals surface area contributed by atoms with Crippen molar-refractivity contribution in [3.05, 3.63) is 94.6 Å². The highest BCUT2D eigenvalue weighted by atomic mass is 35.5. The Hall–Kier alpha value is -3.21. The molecule has 8 nitrogen and oxygen atoms in total. The van der Waals surface area contributed by atoms with E-state index in [1.165, 1.54) is 4.31 Å². The summed E-state index contributed by atoms with van der Waals surface area (Å²) < 4.78 is 35.8. The van der Waals surface area contributed by atoms with Crippen LogP contribution in [0.2, 0.25) is 10.0 Å². The summed E-state index contributed by atoms with van der Waals surface area (Å²) in [6.07, 6.45) is 3.07. The first-order chi connectivity index (χ1) is 19.2. The molecule has 3 aromatic carbocycles. The van der Waals surface area contributed by atoms with E-state index in [1.807, 2.05) is 25.1 Å². The molecule has 4 aromatic rings. The Balaban J connectivity index is 1.45. The molecule has 1 aliphatic heterocycles. The molecule has 1 aliphatic rings. The lowest BCUT2D eigenvalue weighted by Crippen LogP contribution is -2.42. The van der Waals surface area contributed by atoms with Crippen LogP contribution in [0.15, 0.2) is 83.9 Å². The van der Waals surface area contributed by atoms with Crippen molar-refractivity contribution in [2.45, 2.75) is 30.8 Å². The third-order valence-corrected chi connectivity index (χ3v) is 8.91. The minimum atomic E-state index is -3.97. The maximum Gasteiger partial charge on any atom is 0.243 e. The Kier molecular flexibility index (Phi) is 8.58. The first-order valence-electron chi connectivity index (χ1n) is 12.8. The normalized spacial score (nSPS) is 15.4. The topological polar surface area (TPSA) is 93.5 Å². The van der Waals surface area contributed by atoms with Crippen LogP contribution in [-0.2, 0) is 19.6 Å². The molecule has 2 heterocycles. The Labute approximate surface area is 243 Å². The maximum absolute atomic E-state index is 13.6. The molecule has 1 saturated heterocycles. The zero-order valence-corrected chi connectivity index (χ0v) is 24.1. The lowest BCUT2D eigenvalue weighted by molar-refractivity contribution is -0.116. The van der Waals surface area contributed by atoms with Crippen LogP contribution in [0.5, 0.6) is 0 Å². The number of ether oxygens (including phenoxy) is 1. The van der Waals surface area contributed by atoms with Crippen LogP contribution in [0.25, 0.3) is 16.9 Å². The fourth-order valence-electron chi connectivity index (χ4n) is 4.50. The van der Waals surface area contributed by atoms with Crippen molar-refractivity contribution >= 4 is 45.1 Å². The molecule has 0 aliphatic carbocycles. The summed E-state index contributed by atoms with van der Waals surface area (Å²) >= 11 is 12.3. The molecule has 0 bridgehead atoms. The van der Waals surface area contributed by atoms with Crippen molar-refractivity contribution in [1.29, 1.82) is 0 Å². The fraction of sp³-hybridized carbons (Fsp3) is 0.241. The zero-order chi connectivity index (χ0) is 28.3. The number of rotatable bonds is 9. The van der Waals surface area contributed by atoms with E-state index >= 15 is 0 Å². The number of hydrogen-bond acceptors (Lipinski definition) is 5. The number of sulfonamides is 1. The maximum atomic E-state index is 13.6. The third kappa shape index (κ3) is 6.56. The Bertz CT molecular complexity index is 1600. The molecule has 1 aromatic heterocycles. The summed E-state index contributed by atoms with van der Waals surface area (Å²) in [6, 6.07) is 20.9. The molecule has 40 heavy (non-hydrogen) atoms. The molecular formula is C29H28Cl2N4O4S. The third-order valence-electron chi connectivity index (χ3n) is 6.59. The van der Waals surface area contributed by atoms with Crippen LogP contribution >= 0.6 is 23.2 Å². The first kappa shape index (κ1) is 28.3. The molecule has 0 radical (unpaired) electrons. The predicted molar refractivity (Wildman–Crippen MR) is 157 cm³/mol. The predicted octanol–water partition coefficient (Wildman–Crippen LogP) is 5.96. The molecule has 1 N–H and O–H groups in total. The van der Waals surface area contributed by atoms with Gasteiger partial charge in [0.25, 0.3) is 0 Å². The number of carbonyl (C=O) groups excluding carboxylic acids is 1. The molecule has 11 heteroatoms. The van der Waals surface area contributed by atoms with Gasteiger partial charge in [0.1, 0.15) is 0 Å². The van der Waals surface area contributed by atoms with Crippen LogP contribution < -0.4 is 5.32 Å². The minimum absolute atomic E-state index is 0.0718. The number of benzene rings is 3. The lowest BCUT2D eigenvalue weighted by Gasteiger charge is -2.24. The van der Waals surface area contributed by atoms with Crippen LogP contribution in [-0.4, -0.2) is 54.0 Å². The molecule has 0 saturated carbocycles. The quantitative estimate of drug-likeness (QED) is 0.256. The van der Waals surface area contributed by atoms with Crippen LogP contribution in [0.1, 0.15) is 18.4 Å². The first-order valence-corrected chi connectivity index (χ1v) is 15.0. The molecule has 1 atom stereocenters. The summed E-state index contributed by atoms with van der Waals surface area (Å²) in [4.78, 5) is 18.2. The van der Waals surface area contributed by atoms with Crippen molar-refractivity contribution < 1.29 is 17.9 Å². The number of aromatic nitrogens is 2. The highest BCUT2D eigenvalue weighted by Crippen LogP contribution is 2.27. The minimum Gasteiger partial charge on any atom is -0.377 e. The van der Waals surface area contributed by atoms with Crippen molar-refractivity contribution in [2.75, 3.05) is 25.0 Å². The second kappa shape index (κ2) is 12.1. The van der Waals surface area contributed by atoms with Gasteiger partial charge in [-0.25, -0.2) is 13.4 Å². The van der Waals surface area contributed by atoms with Gasteiger partial charge in [-0.1, -0.05) is 59.1 Å². The molecular weight excluding hydrogens is 571 g/mol. The number of nitrogens with zero attached hydrogens (tertiary/aromatic N) is 3. The number of nitrogens with one attached hydrogen (secondary N) is 1. The highest BCUT2D eigenvalue weighted by Gasteiger charge is 2.31. The number of imidazole rings is 1. The summed E-state index contributed by atoms with van der Waals surface area (Å²) in [6.45, 7) is 2.12. The average Bonchev–Trinajstić information content (AvgIpc) is 3.59. The Morgan fingerprint density at radius 1 is 1.07 bits per heavy atom. The number of anilines is 1. The number of halogens is 2. The zero-order valence-electron chi connectivity index (χ0n) is 21.8. The van der Waals surface area contributed by atoms with Gasteiger partial charge in [-0.05, 0) is 62.2 Å². The van der Waals surface area contributed by atoms with Gasteiger partial charge < -0.3 is 4.74 Å². The molecule has 0 spiro atoms. The molecule has 0 unspecified atom stereocenters. The number of amides is 1. The lowest BCUT2D eigenvalue weighted by atomic mass is 10.2. The van der Waals surface area contributed by atoms with Gasteiger partial charge >= 0.3 is 0 Å². The van der Waals surface area contributed by atoms with Gasteiger partial charge in [-0.3, -0.25) is 14.7 Å². The smallest absolute Gasteiger partial charge is 0.243 e. The van der Waals surface area contributed by atoms with Gasteiger partial charge in [-0.2, -0.15) is 4.31 Å². The van der Waals surface area contributed by atoms with Gasteiger partial charge in [0.2, 0.25) is 21.9 Å². The van der Waals surface area contributed by atoms with E-state index in [-0.39, 0.29) is 23.5 Å². The molecule has 208 valence electrons. The number of aryl methyl sites for hydroxylation is 1. The largest absolute Gasteiger partial charge is 0.377 e. The van der Waals surface area contributed by atoms with Crippen molar-refractivity contribution in [3.8, 4) is 16.9 Å². The van der Waals surface area contributed by atoms with E-state index in [4.69, 9.17) is 27.9 Å². The van der Waals surface area contributed by atoms with Crippen LogP contribution in [0, 0.1) is 6.92 Å². The summed E-state index contributed by atoms with van der Waals surface area (Å²) in [5.74, 6) is -0.313. The SMILES string of the molecule is Cc1ccc(S(=O)(=O)N(CC(=O)Nc2nc(-c3ccc(Cl)cc3)cn2-c2cccc(Cl)c2)C[C@@H]2CCCO2)cc1. The van der Waals surface area contributed by atoms with Gasteiger partial charge in [0.15, 0.2) is 0 Å². The van der Waals surface area contributed by atoms with Crippen LogP contribution in [0.4, 0.5) is 5.95 Å². The van der Waals surface area contributed by atoms with Gasteiger partial charge in [0.05, 0.1) is 23.2 Å². The second-order valence-electron chi connectivity index (χ2n) is 9.60. The van der Waals surface area contributed by atoms with Crippen molar-refractivity contribution in [3.63, 3.8) is 0 Å². The van der Waals surface area contributed by atoms with E-state index < -0.39 is 22.5 Å². The van der Waals surface area contributed by atoms with Gasteiger partial charge in [0, 0.05) is 40.6 Å². The van der Waals surface area contributed by atoms with Crippen molar-refractivity contribution in [2.24, 2.45) is 0 Å².